The highest BCUT2D eigenvalue weighted by Gasteiger charge is 2.37. The van der Waals surface area contributed by atoms with Crippen LogP contribution in [0.15, 0.2) is 39.8 Å². The van der Waals surface area contributed by atoms with E-state index in [1.807, 2.05) is 25.1 Å². The Hall–Kier alpha value is -2.17. The fourth-order valence-corrected chi connectivity index (χ4v) is 4.81. The molecule has 126 valence electrons. The van der Waals surface area contributed by atoms with E-state index in [-0.39, 0.29) is 16.6 Å². The predicted octanol–water partition coefficient (Wildman–Crippen LogP) is 3.02. The first-order valence-electron chi connectivity index (χ1n) is 8.03. The standard InChI is InChI=1S/C17H19N3O3S/c1-2-13-8-9-16(23-13)15-6-3-4-11-20(15)24(21,22)17-7-5-10-19-14(17)12-18/h5,7-10,15H,2-4,6,11H2,1H3. The van der Waals surface area contributed by atoms with Crippen molar-refractivity contribution in [2.45, 2.75) is 43.5 Å². The Labute approximate surface area is 141 Å². The van der Waals surface area contributed by atoms with Gasteiger partial charge in [0.1, 0.15) is 22.5 Å². The first-order chi connectivity index (χ1) is 11.6. The molecule has 2 aromatic rings. The van der Waals surface area contributed by atoms with Crippen LogP contribution < -0.4 is 0 Å². The van der Waals surface area contributed by atoms with Gasteiger partial charge < -0.3 is 4.42 Å². The molecule has 7 heteroatoms. The average Bonchev–Trinajstić information content (AvgIpc) is 3.10. The van der Waals surface area contributed by atoms with Crippen molar-refractivity contribution < 1.29 is 12.8 Å². The molecule has 1 atom stereocenters. The summed E-state index contributed by atoms with van der Waals surface area (Å²) < 4.78 is 33.5. The fraction of sp³-hybridized carbons (Fsp3) is 0.412. The van der Waals surface area contributed by atoms with Crippen LogP contribution in [0.4, 0.5) is 0 Å². The van der Waals surface area contributed by atoms with Gasteiger partial charge in [-0.1, -0.05) is 13.3 Å². The van der Waals surface area contributed by atoms with Gasteiger partial charge in [0, 0.05) is 19.2 Å². The third-order valence-corrected chi connectivity index (χ3v) is 6.22. The second-order valence-electron chi connectivity index (χ2n) is 5.75. The first kappa shape index (κ1) is 16.7. The third-order valence-electron chi connectivity index (χ3n) is 4.28. The summed E-state index contributed by atoms with van der Waals surface area (Å²) in [6.07, 6.45) is 4.63. The SMILES string of the molecule is CCc1ccc(C2CCCCN2S(=O)(=O)c2cccnc2C#N)o1. The number of aryl methyl sites for hydroxylation is 1. The van der Waals surface area contributed by atoms with Gasteiger partial charge in [0.05, 0.1) is 6.04 Å². The van der Waals surface area contributed by atoms with Gasteiger partial charge in [-0.15, -0.1) is 0 Å². The monoisotopic (exact) mass is 345 g/mol. The maximum atomic E-state index is 13.1. The van der Waals surface area contributed by atoms with Crippen LogP contribution in [-0.4, -0.2) is 24.3 Å². The first-order valence-corrected chi connectivity index (χ1v) is 9.47. The van der Waals surface area contributed by atoms with E-state index >= 15 is 0 Å². The quantitative estimate of drug-likeness (QED) is 0.850. The Balaban J connectivity index is 2.02. The van der Waals surface area contributed by atoms with Crippen LogP contribution in [0.25, 0.3) is 0 Å². The molecule has 6 nitrogen and oxygen atoms in total. The molecule has 3 rings (SSSR count). The average molecular weight is 345 g/mol. The number of hydrogen-bond acceptors (Lipinski definition) is 5. The summed E-state index contributed by atoms with van der Waals surface area (Å²) in [4.78, 5) is 3.84. The van der Waals surface area contributed by atoms with E-state index in [1.54, 1.807) is 0 Å². The van der Waals surface area contributed by atoms with Crippen LogP contribution in [0.3, 0.4) is 0 Å². The van der Waals surface area contributed by atoms with Crippen LogP contribution in [0.1, 0.15) is 49.4 Å². The molecule has 1 aliphatic rings. The topological polar surface area (TPSA) is 87.2 Å². The maximum Gasteiger partial charge on any atom is 0.246 e. The molecule has 0 saturated carbocycles. The van der Waals surface area contributed by atoms with Gasteiger partial charge in [-0.05, 0) is 37.1 Å². The lowest BCUT2D eigenvalue weighted by atomic mass is 10.0. The largest absolute Gasteiger partial charge is 0.464 e. The number of nitriles is 1. The summed E-state index contributed by atoms with van der Waals surface area (Å²) in [5.41, 5.74) is -0.0736. The van der Waals surface area contributed by atoms with Crippen molar-refractivity contribution >= 4 is 10.0 Å². The minimum atomic E-state index is -3.81. The van der Waals surface area contributed by atoms with Crippen molar-refractivity contribution in [2.75, 3.05) is 6.54 Å². The van der Waals surface area contributed by atoms with E-state index < -0.39 is 10.0 Å². The van der Waals surface area contributed by atoms with Gasteiger partial charge in [-0.3, -0.25) is 0 Å². The van der Waals surface area contributed by atoms with E-state index in [1.165, 1.54) is 22.6 Å². The second-order valence-corrected chi connectivity index (χ2v) is 7.61. The molecule has 0 N–H and O–H groups in total. The maximum absolute atomic E-state index is 13.1. The Kier molecular flexibility index (Phi) is 4.69. The van der Waals surface area contributed by atoms with E-state index in [9.17, 15) is 13.7 Å². The van der Waals surface area contributed by atoms with E-state index in [4.69, 9.17) is 4.42 Å². The molecule has 1 aliphatic heterocycles. The summed E-state index contributed by atoms with van der Waals surface area (Å²) in [7, 11) is -3.81. The van der Waals surface area contributed by atoms with Crippen LogP contribution in [0.2, 0.25) is 0 Å². The molecule has 1 saturated heterocycles. The summed E-state index contributed by atoms with van der Waals surface area (Å²) in [6.45, 7) is 2.40. The number of aromatic nitrogens is 1. The van der Waals surface area contributed by atoms with E-state index in [2.05, 4.69) is 4.98 Å². The zero-order valence-corrected chi connectivity index (χ0v) is 14.3. The molecule has 0 spiro atoms. The van der Waals surface area contributed by atoms with Crippen molar-refractivity contribution in [3.05, 3.63) is 47.7 Å². The predicted molar refractivity (Wildman–Crippen MR) is 87.5 cm³/mol. The third kappa shape index (κ3) is 2.95. The van der Waals surface area contributed by atoms with Crippen LogP contribution in [0.5, 0.6) is 0 Å². The minimum Gasteiger partial charge on any atom is -0.464 e. The molecule has 0 bridgehead atoms. The second kappa shape index (κ2) is 6.75. The zero-order chi connectivity index (χ0) is 17.2. The Morgan fingerprint density at radius 3 is 2.92 bits per heavy atom. The number of hydrogen-bond donors (Lipinski definition) is 0. The lowest BCUT2D eigenvalue weighted by Crippen LogP contribution is -2.38. The van der Waals surface area contributed by atoms with Gasteiger partial charge >= 0.3 is 0 Å². The van der Waals surface area contributed by atoms with Crippen molar-refractivity contribution in [3.8, 4) is 6.07 Å². The van der Waals surface area contributed by atoms with Crippen molar-refractivity contribution in [1.29, 1.82) is 5.26 Å². The van der Waals surface area contributed by atoms with Gasteiger partial charge in [0.2, 0.25) is 10.0 Å². The number of nitrogens with zero attached hydrogens (tertiary/aromatic N) is 3. The summed E-state index contributed by atoms with van der Waals surface area (Å²) in [5, 5.41) is 9.18. The Bertz CT molecular complexity index is 867. The molecular formula is C17H19N3O3S. The molecule has 0 aromatic carbocycles. The van der Waals surface area contributed by atoms with Gasteiger partial charge in [-0.2, -0.15) is 9.57 Å². The van der Waals surface area contributed by atoms with Crippen molar-refractivity contribution in [3.63, 3.8) is 0 Å². The number of pyridine rings is 1. The zero-order valence-electron chi connectivity index (χ0n) is 13.5. The number of piperidine rings is 1. The Morgan fingerprint density at radius 2 is 2.21 bits per heavy atom. The normalized spacial score (nSPS) is 19.1. The van der Waals surface area contributed by atoms with Gasteiger partial charge in [0.25, 0.3) is 0 Å². The van der Waals surface area contributed by atoms with Crippen LogP contribution >= 0.6 is 0 Å². The van der Waals surface area contributed by atoms with Crippen LogP contribution in [0, 0.1) is 11.3 Å². The molecule has 24 heavy (non-hydrogen) atoms. The fourth-order valence-electron chi connectivity index (χ4n) is 3.05. The molecule has 0 amide bonds. The van der Waals surface area contributed by atoms with Crippen molar-refractivity contribution in [1.82, 2.24) is 9.29 Å². The molecular weight excluding hydrogens is 326 g/mol. The summed E-state index contributed by atoms with van der Waals surface area (Å²) in [6, 6.07) is 8.25. The number of rotatable bonds is 4. The molecule has 3 heterocycles. The minimum absolute atomic E-state index is 0.0401. The van der Waals surface area contributed by atoms with Crippen LogP contribution in [-0.2, 0) is 16.4 Å². The van der Waals surface area contributed by atoms with Crippen molar-refractivity contribution in [2.24, 2.45) is 0 Å². The smallest absolute Gasteiger partial charge is 0.246 e. The Morgan fingerprint density at radius 1 is 1.38 bits per heavy atom. The molecule has 0 aliphatic carbocycles. The lowest BCUT2D eigenvalue weighted by Gasteiger charge is -2.33. The highest BCUT2D eigenvalue weighted by atomic mass is 32.2. The van der Waals surface area contributed by atoms with E-state index in [0.717, 1.165) is 25.0 Å². The molecule has 2 aromatic heterocycles. The molecule has 1 fully saturated rings. The summed E-state index contributed by atoms with van der Waals surface area (Å²) in [5.74, 6) is 1.50. The highest BCUT2D eigenvalue weighted by Crippen LogP contribution is 2.36. The summed E-state index contributed by atoms with van der Waals surface area (Å²) >= 11 is 0. The highest BCUT2D eigenvalue weighted by molar-refractivity contribution is 7.89. The number of sulfonamides is 1. The molecule has 1 unspecified atom stereocenters. The number of furan rings is 1. The lowest BCUT2D eigenvalue weighted by molar-refractivity contribution is 0.223. The molecule has 0 radical (unpaired) electrons. The van der Waals surface area contributed by atoms with Gasteiger partial charge in [-0.25, -0.2) is 13.4 Å². The van der Waals surface area contributed by atoms with Gasteiger partial charge in [0.15, 0.2) is 5.69 Å². The van der Waals surface area contributed by atoms with E-state index in [0.29, 0.717) is 18.7 Å².